The van der Waals surface area contributed by atoms with Gasteiger partial charge in [-0.05, 0) is 24.3 Å². The Kier molecular flexibility index (Phi) is 3.24. The number of aryl methyl sites for hydroxylation is 1. The minimum atomic E-state index is -0.709. The maximum atomic E-state index is 13.6. The van der Waals surface area contributed by atoms with E-state index in [1.54, 1.807) is 6.07 Å². The molecule has 2 nitrogen and oxygen atoms in total. The van der Waals surface area contributed by atoms with Crippen LogP contribution >= 0.6 is 0 Å². The number of benzene rings is 1. The Balaban J connectivity index is 2.43. The Morgan fingerprint density at radius 2 is 2.00 bits per heavy atom. The number of halogens is 2. The van der Waals surface area contributed by atoms with Gasteiger partial charge in [-0.2, -0.15) is 0 Å². The summed E-state index contributed by atoms with van der Waals surface area (Å²) in [6.45, 7) is 1.91. The summed E-state index contributed by atoms with van der Waals surface area (Å²) in [6, 6.07) is 4.25. The fourth-order valence-electron chi connectivity index (χ4n) is 1.84. The lowest BCUT2D eigenvalue weighted by Crippen LogP contribution is -2.14. The van der Waals surface area contributed by atoms with Crippen molar-refractivity contribution in [3.05, 3.63) is 59.1 Å². The van der Waals surface area contributed by atoms with E-state index in [0.717, 1.165) is 18.2 Å². The predicted molar refractivity (Wildman–Crippen MR) is 60.5 cm³/mol. The highest BCUT2D eigenvalue weighted by Crippen LogP contribution is 2.26. The molecule has 0 saturated heterocycles. The van der Waals surface area contributed by atoms with E-state index in [0.29, 0.717) is 17.7 Å². The van der Waals surface area contributed by atoms with Crippen LogP contribution in [0.4, 0.5) is 8.78 Å². The molecule has 4 heteroatoms. The van der Waals surface area contributed by atoms with Crippen molar-refractivity contribution in [3.8, 4) is 0 Å². The molecule has 1 aromatic heterocycles. The Hall–Kier alpha value is -1.68. The van der Waals surface area contributed by atoms with Gasteiger partial charge >= 0.3 is 0 Å². The summed E-state index contributed by atoms with van der Waals surface area (Å²) < 4.78 is 31.9. The molecule has 0 fully saturated rings. The lowest BCUT2D eigenvalue weighted by molar-refractivity contribution is 0.507. The summed E-state index contributed by atoms with van der Waals surface area (Å²) >= 11 is 0. The van der Waals surface area contributed by atoms with E-state index in [2.05, 4.69) is 0 Å². The van der Waals surface area contributed by atoms with Crippen LogP contribution in [0.1, 0.15) is 29.9 Å². The summed E-state index contributed by atoms with van der Waals surface area (Å²) in [5.41, 5.74) is 6.77. The van der Waals surface area contributed by atoms with Gasteiger partial charge in [0, 0.05) is 17.5 Å². The Labute approximate surface area is 98.0 Å². The fourth-order valence-corrected chi connectivity index (χ4v) is 1.84. The third-order valence-corrected chi connectivity index (χ3v) is 2.73. The lowest BCUT2D eigenvalue weighted by Gasteiger charge is -2.13. The molecule has 0 aliphatic rings. The molecule has 17 heavy (non-hydrogen) atoms. The Bertz CT molecular complexity index is 522. The Morgan fingerprint density at radius 3 is 2.71 bits per heavy atom. The minimum absolute atomic E-state index is 0.140. The van der Waals surface area contributed by atoms with E-state index in [-0.39, 0.29) is 5.56 Å². The van der Waals surface area contributed by atoms with Crippen LogP contribution in [0.25, 0.3) is 0 Å². The van der Waals surface area contributed by atoms with Gasteiger partial charge in [-0.25, -0.2) is 8.78 Å². The molecule has 2 aromatic rings. The topological polar surface area (TPSA) is 39.2 Å². The van der Waals surface area contributed by atoms with Gasteiger partial charge in [0.25, 0.3) is 0 Å². The van der Waals surface area contributed by atoms with Crippen molar-refractivity contribution >= 4 is 0 Å². The highest BCUT2D eigenvalue weighted by Gasteiger charge is 2.18. The first kappa shape index (κ1) is 11.8. The second-order valence-corrected chi connectivity index (χ2v) is 3.80. The van der Waals surface area contributed by atoms with Crippen molar-refractivity contribution < 1.29 is 13.2 Å². The minimum Gasteiger partial charge on any atom is -0.469 e. The van der Waals surface area contributed by atoms with Gasteiger partial charge in [0.2, 0.25) is 0 Å². The van der Waals surface area contributed by atoms with Crippen molar-refractivity contribution in [2.24, 2.45) is 5.73 Å². The van der Waals surface area contributed by atoms with Crippen LogP contribution in [0.2, 0.25) is 0 Å². The summed E-state index contributed by atoms with van der Waals surface area (Å²) in [6.07, 6.45) is 2.16. The van der Waals surface area contributed by atoms with Crippen LogP contribution in [-0.2, 0) is 6.42 Å². The zero-order valence-electron chi connectivity index (χ0n) is 9.41. The van der Waals surface area contributed by atoms with Crippen LogP contribution in [-0.4, -0.2) is 0 Å². The number of nitrogens with two attached hydrogens (primary N) is 1. The fraction of sp³-hybridized carbons (Fsp3) is 0.231. The molecule has 0 amide bonds. The lowest BCUT2D eigenvalue weighted by atomic mass is 9.98. The second kappa shape index (κ2) is 4.67. The first-order valence-electron chi connectivity index (χ1n) is 5.40. The van der Waals surface area contributed by atoms with E-state index >= 15 is 0 Å². The molecule has 1 unspecified atom stereocenters. The normalized spacial score (nSPS) is 12.7. The third-order valence-electron chi connectivity index (χ3n) is 2.73. The summed E-state index contributed by atoms with van der Waals surface area (Å²) in [5, 5.41) is 0. The van der Waals surface area contributed by atoms with Gasteiger partial charge in [-0.1, -0.05) is 6.92 Å². The highest BCUT2D eigenvalue weighted by atomic mass is 19.1. The van der Waals surface area contributed by atoms with Gasteiger partial charge in [0.15, 0.2) is 0 Å². The standard InChI is InChI=1S/C13H13F2NO/c1-2-12-9(5-6-17-12)13(16)10-7-8(14)3-4-11(10)15/h3-7,13H,2,16H2,1H3. The number of rotatable bonds is 3. The van der Waals surface area contributed by atoms with Crippen LogP contribution in [0.15, 0.2) is 34.9 Å². The molecule has 1 aromatic carbocycles. The zero-order valence-corrected chi connectivity index (χ0v) is 9.41. The van der Waals surface area contributed by atoms with Crippen LogP contribution in [0, 0.1) is 11.6 Å². The van der Waals surface area contributed by atoms with Crippen LogP contribution in [0.3, 0.4) is 0 Å². The average molecular weight is 237 g/mol. The molecule has 0 aliphatic heterocycles. The molecule has 0 saturated carbocycles. The van der Waals surface area contributed by atoms with Gasteiger partial charge in [0.1, 0.15) is 17.4 Å². The maximum Gasteiger partial charge on any atom is 0.128 e. The van der Waals surface area contributed by atoms with Crippen LogP contribution in [0.5, 0.6) is 0 Å². The van der Waals surface area contributed by atoms with Gasteiger partial charge in [-0.15, -0.1) is 0 Å². The maximum absolute atomic E-state index is 13.6. The smallest absolute Gasteiger partial charge is 0.128 e. The van der Waals surface area contributed by atoms with Gasteiger partial charge in [-0.3, -0.25) is 0 Å². The summed E-state index contributed by atoms with van der Waals surface area (Å²) in [4.78, 5) is 0. The van der Waals surface area contributed by atoms with E-state index in [4.69, 9.17) is 10.2 Å². The highest BCUT2D eigenvalue weighted by molar-refractivity contribution is 5.34. The second-order valence-electron chi connectivity index (χ2n) is 3.80. The molecule has 2 rings (SSSR count). The number of hydrogen-bond donors (Lipinski definition) is 1. The summed E-state index contributed by atoms with van der Waals surface area (Å²) in [5.74, 6) is -0.318. The summed E-state index contributed by atoms with van der Waals surface area (Å²) in [7, 11) is 0. The zero-order chi connectivity index (χ0) is 12.4. The van der Waals surface area contributed by atoms with Crippen molar-refractivity contribution in [1.82, 2.24) is 0 Å². The molecule has 0 radical (unpaired) electrons. The Morgan fingerprint density at radius 1 is 1.24 bits per heavy atom. The van der Waals surface area contributed by atoms with E-state index in [1.807, 2.05) is 6.92 Å². The SMILES string of the molecule is CCc1occc1C(N)c1cc(F)ccc1F. The molecule has 0 aliphatic carbocycles. The molecular weight excluding hydrogens is 224 g/mol. The molecule has 1 atom stereocenters. The van der Waals surface area contributed by atoms with E-state index in [9.17, 15) is 8.78 Å². The van der Waals surface area contributed by atoms with Gasteiger partial charge < -0.3 is 10.2 Å². The third kappa shape index (κ3) is 2.22. The molecule has 0 bridgehead atoms. The molecule has 90 valence electrons. The van der Waals surface area contributed by atoms with Crippen molar-refractivity contribution in [3.63, 3.8) is 0 Å². The van der Waals surface area contributed by atoms with Crippen molar-refractivity contribution in [1.29, 1.82) is 0 Å². The van der Waals surface area contributed by atoms with Crippen LogP contribution < -0.4 is 5.73 Å². The first-order chi connectivity index (χ1) is 8.13. The molecule has 1 heterocycles. The van der Waals surface area contributed by atoms with E-state index < -0.39 is 17.7 Å². The average Bonchev–Trinajstić information content (AvgIpc) is 2.79. The van der Waals surface area contributed by atoms with E-state index in [1.165, 1.54) is 6.26 Å². The van der Waals surface area contributed by atoms with Crippen molar-refractivity contribution in [2.75, 3.05) is 0 Å². The van der Waals surface area contributed by atoms with Crippen molar-refractivity contribution in [2.45, 2.75) is 19.4 Å². The monoisotopic (exact) mass is 237 g/mol. The van der Waals surface area contributed by atoms with Gasteiger partial charge in [0.05, 0.1) is 12.3 Å². The number of hydrogen-bond acceptors (Lipinski definition) is 2. The molecule has 0 spiro atoms. The number of furan rings is 1. The molecule has 2 N–H and O–H groups in total. The quantitative estimate of drug-likeness (QED) is 0.890. The largest absolute Gasteiger partial charge is 0.469 e. The first-order valence-corrected chi connectivity index (χ1v) is 5.40. The molecular formula is C13H13F2NO. The predicted octanol–water partition coefficient (Wildman–Crippen LogP) is 3.17.